The molecule has 0 aliphatic carbocycles. The number of carboxylic acid groups (broad SMARTS) is 1. The maximum absolute atomic E-state index is 11.5. The fraction of sp³-hybridized carbons (Fsp3) is 0.0769. The summed E-state index contributed by atoms with van der Waals surface area (Å²) in [5.41, 5.74) is 0.794. The lowest BCUT2D eigenvalue weighted by molar-refractivity contribution is 0.0691. The minimum absolute atomic E-state index is 0.104. The maximum atomic E-state index is 11.5. The highest BCUT2D eigenvalue weighted by atomic mass is 32.2. The number of nitrogens with zero attached hydrogens (tertiary/aromatic N) is 1. The van der Waals surface area contributed by atoms with Gasteiger partial charge in [0.05, 0.1) is 4.90 Å². The van der Waals surface area contributed by atoms with E-state index >= 15 is 0 Å². The zero-order valence-corrected chi connectivity index (χ0v) is 10.9. The van der Waals surface area contributed by atoms with Crippen LogP contribution in [0.4, 0.5) is 0 Å². The molecule has 0 atom stereocenters. The number of hydrogen-bond donors (Lipinski definition) is 1. The molecule has 0 radical (unpaired) electrons. The van der Waals surface area contributed by atoms with Crippen LogP contribution in [0, 0.1) is 0 Å². The van der Waals surface area contributed by atoms with Gasteiger partial charge < -0.3 is 5.11 Å². The van der Waals surface area contributed by atoms with E-state index in [4.69, 9.17) is 5.11 Å². The van der Waals surface area contributed by atoms with Gasteiger partial charge in [-0.1, -0.05) is 18.2 Å². The number of benzene rings is 1. The Kier molecular flexibility index (Phi) is 3.35. The van der Waals surface area contributed by atoms with Crippen molar-refractivity contribution in [3.8, 4) is 11.1 Å². The van der Waals surface area contributed by atoms with Gasteiger partial charge >= 0.3 is 5.97 Å². The van der Waals surface area contributed by atoms with Gasteiger partial charge in [-0.05, 0) is 23.8 Å². The molecule has 19 heavy (non-hydrogen) atoms. The predicted octanol–water partition coefficient (Wildman–Crippen LogP) is 1.85. The molecule has 5 nitrogen and oxygen atoms in total. The summed E-state index contributed by atoms with van der Waals surface area (Å²) in [5.74, 6) is -1.15. The third kappa shape index (κ3) is 2.79. The van der Waals surface area contributed by atoms with Crippen molar-refractivity contribution in [3.05, 3.63) is 48.3 Å². The van der Waals surface area contributed by atoms with Gasteiger partial charge in [0.15, 0.2) is 15.5 Å². The monoisotopic (exact) mass is 277 g/mol. The number of rotatable bonds is 3. The van der Waals surface area contributed by atoms with Crippen molar-refractivity contribution in [2.75, 3.05) is 6.26 Å². The molecule has 6 heteroatoms. The Labute approximate surface area is 110 Å². The van der Waals surface area contributed by atoms with Crippen LogP contribution in [0.3, 0.4) is 0 Å². The molecular weight excluding hydrogens is 266 g/mol. The lowest BCUT2D eigenvalue weighted by atomic mass is 10.0. The van der Waals surface area contributed by atoms with Gasteiger partial charge in [-0.15, -0.1) is 0 Å². The van der Waals surface area contributed by atoms with Crippen LogP contribution in [0.15, 0.2) is 47.5 Å². The summed E-state index contributed by atoms with van der Waals surface area (Å²) in [6.07, 6.45) is 2.49. The van der Waals surface area contributed by atoms with Crippen LogP contribution in [-0.4, -0.2) is 30.7 Å². The summed E-state index contributed by atoms with van der Waals surface area (Å²) in [4.78, 5) is 15.0. The molecule has 0 saturated carbocycles. The van der Waals surface area contributed by atoms with Gasteiger partial charge in [0.2, 0.25) is 0 Å². The fourth-order valence-electron chi connectivity index (χ4n) is 1.70. The van der Waals surface area contributed by atoms with Crippen molar-refractivity contribution in [1.82, 2.24) is 4.98 Å². The minimum atomic E-state index is -3.33. The van der Waals surface area contributed by atoms with Crippen molar-refractivity contribution in [2.24, 2.45) is 0 Å². The molecule has 98 valence electrons. The summed E-state index contributed by atoms with van der Waals surface area (Å²) in [6, 6.07) is 9.34. The molecule has 0 spiro atoms. The topological polar surface area (TPSA) is 84.3 Å². The van der Waals surface area contributed by atoms with Crippen molar-refractivity contribution >= 4 is 15.8 Å². The van der Waals surface area contributed by atoms with Gasteiger partial charge in [0, 0.05) is 18.0 Å². The Hall–Kier alpha value is -2.21. The molecule has 1 aromatic carbocycles. The second-order valence-electron chi connectivity index (χ2n) is 4.00. The lowest BCUT2D eigenvalue weighted by Gasteiger charge is -2.06. The molecule has 0 amide bonds. The fourth-order valence-corrected chi connectivity index (χ4v) is 2.37. The Morgan fingerprint density at radius 2 is 1.95 bits per heavy atom. The molecule has 0 aliphatic heterocycles. The number of pyridine rings is 1. The highest BCUT2D eigenvalue weighted by molar-refractivity contribution is 7.90. The second kappa shape index (κ2) is 4.81. The van der Waals surface area contributed by atoms with E-state index in [9.17, 15) is 13.2 Å². The van der Waals surface area contributed by atoms with Crippen molar-refractivity contribution in [3.63, 3.8) is 0 Å². The Morgan fingerprint density at radius 1 is 1.21 bits per heavy atom. The minimum Gasteiger partial charge on any atom is -0.476 e. The summed E-state index contributed by atoms with van der Waals surface area (Å²) >= 11 is 0. The Morgan fingerprint density at radius 3 is 2.58 bits per heavy atom. The van der Waals surface area contributed by atoms with Crippen LogP contribution in [0.2, 0.25) is 0 Å². The van der Waals surface area contributed by atoms with Crippen LogP contribution in [0.5, 0.6) is 0 Å². The summed E-state index contributed by atoms with van der Waals surface area (Å²) < 4.78 is 23.0. The predicted molar refractivity (Wildman–Crippen MR) is 69.7 cm³/mol. The first-order valence-corrected chi connectivity index (χ1v) is 7.27. The van der Waals surface area contributed by atoms with E-state index < -0.39 is 15.8 Å². The van der Waals surface area contributed by atoms with Crippen molar-refractivity contribution in [1.29, 1.82) is 0 Å². The molecule has 0 unspecified atom stereocenters. The molecular formula is C13H11NO4S. The Balaban J connectivity index is 2.64. The smallest absolute Gasteiger partial charge is 0.355 e. The molecule has 0 bridgehead atoms. The van der Waals surface area contributed by atoms with Gasteiger partial charge in [-0.25, -0.2) is 18.2 Å². The first-order valence-electron chi connectivity index (χ1n) is 5.38. The van der Waals surface area contributed by atoms with E-state index in [-0.39, 0.29) is 10.6 Å². The summed E-state index contributed by atoms with van der Waals surface area (Å²) in [5, 5.41) is 9.08. The quantitative estimate of drug-likeness (QED) is 0.925. The molecule has 0 saturated heterocycles. The van der Waals surface area contributed by atoms with E-state index in [1.165, 1.54) is 18.3 Å². The van der Waals surface area contributed by atoms with Gasteiger partial charge in [0.25, 0.3) is 0 Å². The summed E-state index contributed by atoms with van der Waals surface area (Å²) in [6.45, 7) is 0. The second-order valence-corrected chi connectivity index (χ2v) is 6.02. The highest BCUT2D eigenvalue weighted by Crippen LogP contribution is 2.24. The molecule has 1 N–H and O–H groups in total. The Bertz CT molecular complexity index is 738. The maximum Gasteiger partial charge on any atom is 0.355 e. The first kappa shape index (κ1) is 13.2. The standard InChI is InChI=1S/C13H11NO4S/c1-19(17,18)10-5-2-4-9(8-10)11-6-3-7-14-12(11)13(15)16/h2-8H,1H3,(H,15,16). The largest absolute Gasteiger partial charge is 0.476 e. The SMILES string of the molecule is CS(=O)(=O)c1cccc(-c2cccnc2C(=O)O)c1. The van der Waals surface area contributed by atoms with Crippen LogP contribution in [0.25, 0.3) is 11.1 Å². The van der Waals surface area contributed by atoms with E-state index in [1.807, 2.05) is 0 Å². The molecule has 1 heterocycles. The number of carbonyl (C=O) groups is 1. The van der Waals surface area contributed by atoms with Crippen LogP contribution >= 0.6 is 0 Å². The molecule has 2 aromatic rings. The number of sulfone groups is 1. The summed E-state index contributed by atoms with van der Waals surface area (Å²) in [7, 11) is -3.33. The van der Waals surface area contributed by atoms with Crippen LogP contribution < -0.4 is 0 Å². The van der Waals surface area contributed by atoms with Gasteiger partial charge in [-0.3, -0.25) is 0 Å². The number of aromatic carboxylic acids is 1. The van der Waals surface area contributed by atoms with Crippen LogP contribution in [0.1, 0.15) is 10.5 Å². The first-order chi connectivity index (χ1) is 8.89. The van der Waals surface area contributed by atoms with E-state index in [1.54, 1.807) is 24.3 Å². The third-order valence-electron chi connectivity index (χ3n) is 2.58. The highest BCUT2D eigenvalue weighted by Gasteiger charge is 2.14. The van der Waals surface area contributed by atoms with Crippen LogP contribution in [-0.2, 0) is 9.84 Å². The molecule has 0 aliphatic rings. The number of hydrogen-bond acceptors (Lipinski definition) is 4. The van der Waals surface area contributed by atoms with Crippen molar-refractivity contribution in [2.45, 2.75) is 4.90 Å². The third-order valence-corrected chi connectivity index (χ3v) is 3.69. The molecule has 1 aromatic heterocycles. The zero-order chi connectivity index (χ0) is 14.0. The zero-order valence-electron chi connectivity index (χ0n) is 10.1. The van der Waals surface area contributed by atoms with E-state index in [2.05, 4.69) is 4.98 Å². The lowest BCUT2D eigenvalue weighted by Crippen LogP contribution is -2.03. The van der Waals surface area contributed by atoms with E-state index in [0.29, 0.717) is 11.1 Å². The van der Waals surface area contributed by atoms with E-state index in [0.717, 1.165) is 6.26 Å². The number of carboxylic acids is 1. The molecule has 0 fully saturated rings. The average Bonchev–Trinajstić information content (AvgIpc) is 2.38. The average molecular weight is 277 g/mol. The van der Waals surface area contributed by atoms with Crippen molar-refractivity contribution < 1.29 is 18.3 Å². The number of aromatic nitrogens is 1. The normalized spacial score (nSPS) is 11.2. The molecule has 2 rings (SSSR count). The van der Waals surface area contributed by atoms with Gasteiger partial charge in [0.1, 0.15) is 0 Å². The van der Waals surface area contributed by atoms with Gasteiger partial charge in [-0.2, -0.15) is 0 Å².